The number of alkyl halides is 2. The van der Waals surface area contributed by atoms with E-state index in [4.69, 9.17) is 0 Å². The van der Waals surface area contributed by atoms with Crippen LogP contribution in [0.3, 0.4) is 0 Å². The fraction of sp³-hybridized carbons (Fsp3) is 0.222. The zero-order valence-electron chi connectivity index (χ0n) is 8.85. The van der Waals surface area contributed by atoms with Crippen molar-refractivity contribution in [2.75, 3.05) is 7.11 Å². The smallest absolute Gasteiger partial charge is 0.387 e. The van der Waals surface area contributed by atoms with Crippen molar-refractivity contribution in [1.29, 1.82) is 0 Å². The van der Waals surface area contributed by atoms with Crippen molar-refractivity contribution in [3.63, 3.8) is 0 Å². The Kier molecular flexibility index (Phi) is 4.54. The maximum absolute atomic E-state index is 12.1. The van der Waals surface area contributed by atoms with Gasteiger partial charge in [0.2, 0.25) is 5.75 Å². The summed E-state index contributed by atoms with van der Waals surface area (Å²) in [4.78, 5) is 21.3. The van der Waals surface area contributed by atoms with Crippen LogP contribution in [0, 0.1) is 10.1 Å². The van der Waals surface area contributed by atoms with E-state index in [0.29, 0.717) is 0 Å². The van der Waals surface area contributed by atoms with Crippen LogP contribution >= 0.6 is 15.9 Å². The molecule has 0 aliphatic carbocycles. The normalized spacial score (nSPS) is 10.3. The van der Waals surface area contributed by atoms with Gasteiger partial charge in [-0.1, -0.05) is 0 Å². The summed E-state index contributed by atoms with van der Waals surface area (Å²) in [6, 6.07) is 2.14. The van der Waals surface area contributed by atoms with Gasteiger partial charge in [-0.3, -0.25) is 10.1 Å². The first-order valence-electron chi connectivity index (χ1n) is 4.38. The van der Waals surface area contributed by atoms with E-state index in [9.17, 15) is 23.7 Å². The van der Waals surface area contributed by atoms with Crippen molar-refractivity contribution in [3.05, 3.63) is 32.3 Å². The van der Waals surface area contributed by atoms with Crippen LogP contribution in [-0.4, -0.2) is 24.6 Å². The maximum Gasteiger partial charge on any atom is 0.387 e. The Morgan fingerprint density at radius 2 is 2.11 bits per heavy atom. The number of nitrogens with zero attached hydrogens (tertiary/aromatic N) is 1. The summed E-state index contributed by atoms with van der Waals surface area (Å²) < 4.78 is 32.6. The van der Waals surface area contributed by atoms with Gasteiger partial charge in [0.1, 0.15) is 0 Å². The number of halogens is 3. The summed E-state index contributed by atoms with van der Waals surface area (Å²) in [5.74, 6) is -1.74. The van der Waals surface area contributed by atoms with Gasteiger partial charge in [0, 0.05) is 4.47 Å². The van der Waals surface area contributed by atoms with E-state index < -0.39 is 34.5 Å². The fourth-order valence-corrected chi connectivity index (χ4v) is 1.70. The predicted molar refractivity (Wildman–Crippen MR) is 58.8 cm³/mol. The number of hydrogen-bond acceptors (Lipinski definition) is 5. The van der Waals surface area contributed by atoms with E-state index in [2.05, 4.69) is 25.4 Å². The van der Waals surface area contributed by atoms with Crippen molar-refractivity contribution < 1.29 is 28.0 Å². The number of methoxy groups -OCH3 is 1. The highest BCUT2D eigenvalue weighted by molar-refractivity contribution is 9.10. The lowest BCUT2D eigenvalue weighted by Gasteiger charge is -2.09. The van der Waals surface area contributed by atoms with Gasteiger partial charge in [-0.25, -0.2) is 4.79 Å². The van der Waals surface area contributed by atoms with Gasteiger partial charge in [-0.2, -0.15) is 8.78 Å². The molecule has 0 aromatic heterocycles. The molecule has 0 bridgehead atoms. The van der Waals surface area contributed by atoms with E-state index in [1.807, 2.05) is 0 Å². The molecule has 0 fully saturated rings. The number of hydrogen-bond donors (Lipinski definition) is 0. The zero-order chi connectivity index (χ0) is 13.9. The summed E-state index contributed by atoms with van der Waals surface area (Å²) in [6.45, 7) is -3.24. The molecule has 1 aromatic carbocycles. The van der Waals surface area contributed by atoms with Crippen LogP contribution in [0.25, 0.3) is 0 Å². The lowest BCUT2D eigenvalue weighted by Crippen LogP contribution is -2.10. The van der Waals surface area contributed by atoms with Crippen LogP contribution in [0.4, 0.5) is 14.5 Å². The third-order valence-corrected chi connectivity index (χ3v) is 2.54. The van der Waals surface area contributed by atoms with Gasteiger partial charge in [-0.05, 0) is 28.1 Å². The molecule has 1 aromatic rings. The monoisotopic (exact) mass is 325 g/mol. The molecule has 0 unspecified atom stereocenters. The highest BCUT2D eigenvalue weighted by atomic mass is 79.9. The molecular weight excluding hydrogens is 320 g/mol. The number of nitro groups is 1. The second kappa shape index (κ2) is 5.71. The Hall–Kier alpha value is -1.77. The van der Waals surface area contributed by atoms with E-state index in [-0.39, 0.29) is 4.47 Å². The Labute approximate surface area is 108 Å². The summed E-state index contributed by atoms with van der Waals surface area (Å²) in [6.07, 6.45) is 0. The minimum absolute atomic E-state index is 0.0441. The molecule has 9 heteroatoms. The molecule has 0 atom stereocenters. The van der Waals surface area contributed by atoms with E-state index >= 15 is 0 Å². The summed E-state index contributed by atoms with van der Waals surface area (Å²) in [5.41, 5.74) is -1.36. The lowest BCUT2D eigenvalue weighted by molar-refractivity contribution is -0.386. The quantitative estimate of drug-likeness (QED) is 0.483. The van der Waals surface area contributed by atoms with Gasteiger partial charge in [0.15, 0.2) is 5.56 Å². The van der Waals surface area contributed by atoms with E-state index in [1.54, 1.807) is 0 Å². The Morgan fingerprint density at radius 3 is 2.56 bits per heavy atom. The molecule has 0 saturated carbocycles. The average molecular weight is 326 g/mol. The first-order valence-corrected chi connectivity index (χ1v) is 5.17. The van der Waals surface area contributed by atoms with Crippen molar-refractivity contribution in [3.8, 4) is 5.75 Å². The number of benzene rings is 1. The van der Waals surface area contributed by atoms with Crippen LogP contribution in [-0.2, 0) is 4.74 Å². The number of esters is 1. The third kappa shape index (κ3) is 2.92. The van der Waals surface area contributed by atoms with Crippen molar-refractivity contribution >= 4 is 27.6 Å². The lowest BCUT2D eigenvalue weighted by atomic mass is 10.1. The van der Waals surface area contributed by atoms with Crippen LogP contribution < -0.4 is 4.74 Å². The van der Waals surface area contributed by atoms with Gasteiger partial charge in [0.25, 0.3) is 0 Å². The molecule has 0 amide bonds. The topological polar surface area (TPSA) is 78.7 Å². The Bertz CT molecular complexity index is 494. The van der Waals surface area contributed by atoms with Crippen molar-refractivity contribution in [1.82, 2.24) is 0 Å². The van der Waals surface area contributed by atoms with Crippen LogP contribution in [0.2, 0.25) is 0 Å². The van der Waals surface area contributed by atoms with Gasteiger partial charge in [0.05, 0.1) is 12.0 Å². The summed E-state index contributed by atoms with van der Waals surface area (Å²) in [7, 11) is 1.01. The number of ether oxygens (including phenoxy) is 2. The second-order valence-electron chi connectivity index (χ2n) is 2.90. The standard InChI is InChI=1S/C9H6BrF2NO5/c1-17-8(14)6-4(10)2-3-5(18-9(11)12)7(6)13(15)16/h2-3,9H,1H3. The maximum atomic E-state index is 12.1. The van der Waals surface area contributed by atoms with Gasteiger partial charge >= 0.3 is 18.3 Å². The van der Waals surface area contributed by atoms with E-state index in [0.717, 1.165) is 13.2 Å². The third-order valence-electron chi connectivity index (χ3n) is 1.88. The number of carbonyl (C=O) groups excluding carboxylic acids is 1. The molecule has 0 heterocycles. The first kappa shape index (κ1) is 14.3. The van der Waals surface area contributed by atoms with Crippen LogP contribution in [0.15, 0.2) is 16.6 Å². The molecule has 1 rings (SSSR count). The molecule has 18 heavy (non-hydrogen) atoms. The molecule has 6 nitrogen and oxygen atoms in total. The predicted octanol–water partition coefficient (Wildman–Crippen LogP) is 2.75. The molecule has 0 aliphatic heterocycles. The highest BCUT2D eigenvalue weighted by Crippen LogP contribution is 2.37. The highest BCUT2D eigenvalue weighted by Gasteiger charge is 2.30. The number of rotatable bonds is 4. The fourth-order valence-electron chi connectivity index (χ4n) is 1.22. The number of carbonyl (C=O) groups is 1. The molecule has 0 saturated heterocycles. The van der Waals surface area contributed by atoms with E-state index in [1.165, 1.54) is 6.07 Å². The molecule has 0 aliphatic rings. The van der Waals surface area contributed by atoms with Gasteiger partial charge < -0.3 is 9.47 Å². The minimum atomic E-state index is -3.24. The second-order valence-corrected chi connectivity index (χ2v) is 3.75. The summed E-state index contributed by atoms with van der Waals surface area (Å²) >= 11 is 2.91. The largest absolute Gasteiger partial charge is 0.465 e. The van der Waals surface area contributed by atoms with Gasteiger partial charge in [-0.15, -0.1) is 0 Å². The van der Waals surface area contributed by atoms with Crippen molar-refractivity contribution in [2.24, 2.45) is 0 Å². The molecule has 0 N–H and O–H groups in total. The minimum Gasteiger partial charge on any atom is -0.465 e. The Morgan fingerprint density at radius 1 is 1.50 bits per heavy atom. The zero-order valence-corrected chi connectivity index (χ0v) is 10.4. The first-order chi connectivity index (χ1) is 8.38. The number of nitro benzene ring substituents is 1. The van der Waals surface area contributed by atoms with Crippen LogP contribution in [0.5, 0.6) is 5.75 Å². The SMILES string of the molecule is COC(=O)c1c(Br)ccc(OC(F)F)c1[N+](=O)[O-]. The average Bonchev–Trinajstić information content (AvgIpc) is 2.29. The van der Waals surface area contributed by atoms with Crippen LogP contribution in [0.1, 0.15) is 10.4 Å². The summed E-state index contributed by atoms with van der Waals surface area (Å²) in [5, 5.41) is 10.8. The molecule has 0 radical (unpaired) electrons. The molecule has 0 spiro atoms. The van der Waals surface area contributed by atoms with Crippen molar-refractivity contribution in [2.45, 2.75) is 6.61 Å². The Balaban J connectivity index is 3.47. The molecular formula is C9H6BrF2NO5. The molecule has 98 valence electrons.